The van der Waals surface area contributed by atoms with Gasteiger partial charge in [-0.05, 0) is 58.8 Å². The number of benzene rings is 8. The summed E-state index contributed by atoms with van der Waals surface area (Å²) in [6.07, 6.45) is 0. The van der Waals surface area contributed by atoms with Crippen LogP contribution in [0.3, 0.4) is 0 Å². The minimum Gasteiger partial charge on any atom is -0.308 e. The van der Waals surface area contributed by atoms with Gasteiger partial charge in [0.05, 0.1) is 28.1 Å². The number of hydrogen-bond acceptors (Lipinski definition) is 4. The lowest BCUT2D eigenvalue weighted by molar-refractivity contribution is 1.05. The van der Waals surface area contributed by atoms with E-state index in [1.165, 1.54) is 42.7 Å². The zero-order chi connectivity index (χ0) is 36.3. The fourth-order valence-electron chi connectivity index (χ4n) is 8.11. The van der Waals surface area contributed by atoms with Crippen molar-refractivity contribution in [3.8, 4) is 39.6 Å². The summed E-state index contributed by atoms with van der Waals surface area (Å²) in [6.45, 7) is 0. The van der Waals surface area contributed by atoms with E-state index in [1.807, 2.05) is 36.0 Å². The summed E-state index contributed by atoms with van der Waals surface area (Å²) in [6, 6.07) is 69.0. The Kier molecular flexibility index (Phi) is 7.39. The van der Waals surface area contributed by atoms with Gasteiger partial charge in [0.2, 0.25) is 0 Å². The van der Waals surface area contributed by atoms with Gasteiger partial charge in [-0.3, -0.25) is 4.57 Å². The first-order valence-electron chi connectivity index (χ1n) is 18.5. The summed E-state index contributed by atoms with van der Waals surface area (Å²) in [5, 5.41) is 4.83. The van der Waals surface area contributed by atoms with Gasteiger partial charge in [-0.25, -0.2) is 9.97 Å². The molecule has 0 unspecified atom stereocenters. The molecule has 0 amide bonds. The molecule has 0 aliphatic carbocycles. The maximum absolute atomic E-state index is 5.37. The van der Waals surface area contributed by atoms with Crippen LogP contribution >= 0.6 is 11.8 Å². The maximum atomic E-state index is 5.37. The highest BCUT2D eigenvalue weighted by Crippen LogP contribution is 2.52. The van der Waals surface area contributed by atoms with Crippen molar-refractivity contribution in [2.75, 3.05) is 4.90 Å². The molecule has 2 aromatic heterocycles. The molecule has 11 rings (SSSR count). The molecule has 5 heteroatoms. The highest BCUT2D eigenvalue weighted by Gasteiger charge is 2.26. The summed E-state index contributed by atoms with van der Waals surface area (Å²) in [4.78, 5) is 15.3. The van der Waals surface area contributed by atoms with Gasteiger partial charge in [0.1, 0.15) is 5.82 Å². The summed E-state index contributed by atoms with van der Waals surface area (Å²) < 4.78 is 2.37. The summed E-state index contributed by atoms with van der Waals surface area (Å²) >= 11 is 1.83. The largest absolute Gasteiger partial charge is 0.308 e. The standard InChI is InChI=1S/C50H32N4S/c1-4-16-34(17-5-1)41-32-47(52-50(51-41)35-18-6-2-7-19-35)54-44-30-27-33-15-10-11-22-38(33)48(44)40-24-14-23-39(49(40)54)36-28-29-43-46(31-36)55-45-26-13-12-25-42(45)53(43)37-20-8-3-9-21-37/h1-32H. The topological polar surface area (TPSA) is 34.0 Å². The number of aromatic nitrogens is 3. The summed E-state index contributed by atoms with van der Waals surface area (Å²) in [5.41, 5.74) is 10.9. The summed E-state index contributed by atoms with van der Waals surface area (Å²) in [5.74, 6) is 1.52. The minimum atomic E-state index is 0.690. The first-order valence-corrected chi connectivity index (χ1v) is 19.3. The van der Waals surface area contributed by atoms with Crippen LogP contribution in [0, 0.1) is 0 Å². The van der Waals surface area contributed by atoms with Crippen molar-refractivity contribution in [2.24, 2.45) is 0 Å². The zero-order valence-corrected chi connectivity index (χ0v) is 30.5. The normalized spacial score (nSPS) is 12.3. The Bertz CT molecular complexity index is 3010. The van der Waals surface area contributed by atoms with Crippen LogP contribution in [0.5, 0.6) is 0 Å². The zero-order valence-electron chi connectivity index (χ0n) is 29.7. The van der Waals surface area contributed by atoms with E-state index in [1.54, 1.807) is 0 Å². The van der Waals surface area contributed by atoms with E-state index in [9.17, 15) is 0 Å². The Morgan fingerprint density at radius 2 is 1.15 bits per heavy atom. The van der Waals surface area contributed by atoms with Gasteiger partial charge in [-0.1, -0.05) is 157 Å². The molecule has 0 bridgehead atoms. The van der Waals surface area contributed by atoms with Crippen LogP contribution in [0.15, 0.2) is 204 Å². The summed E-state index contributed by atoms with van der Waals surface area (Å²) in [7, 11) is 0. The van der Waals surface area contributed by atoms with E-state index >= 15 is 0 Å². The second kappa shape index (κ2) is 12.9. The van der Waals surface area contributed by atoms with Crippen LogP contribution in [0.1, 0.15) is 0 Å². The third-order valence-electron chi connectivity index (χ3n) is 10.6. The Hall–Kier alpha value is -6.95. The van der Waals surface area contributed by atoms with Gasteiger partial charge < -0.3 is 4.90 Å². The van der Waals surface area contributed by atoms with E-state index < -0.39 is 0 Å². The van der Waals surface area contributed by atoms with E-state index in [4.69, 9.17) is 9.97 Å². The van der Waals surface area contributed by atoms with Crippen LogP contribution in [0.4, 0.5) is 17.1 Å². The van der Waals surface area contributed by atoms with Gasteiger partial charge in [-0.2, -0.15) is 0 Å². The van der Waals surface area contributed by atoms with Gasteiger partial charge in [0.15, 0.2) is 5.82 Å². The maximum Gasteiger partial charge on any atom is 0.162 e. The highest BCUT2D eigenvalue weighted by molar-refractivity contribution is 7.99. The average molecular weight is 721 g/mol. The Morgan fingerprint density at radius 3 is 1.98 bits per heavy atom. The molecular formula is C50H32N4S. The predicted octanol–water partition coefficient (Wildman–Crippen LogP) is 13.7. The van der Waals surface area contributed by atoms with Crippen molar-refractivity contribution in [3.63, 3.8) is 0 Å². The lowest BCUT2D eigenvalue weighted by Crippen LogP contribution is -2.14. The highest BCUT2D eigenvalue weighted by atomic mass is 32.2. The molecule has 1 aliphatic heterocycles. The number of nitrogens with zero attached hydrogens (tertiary/aromatic N) is 4. The van der Waals surface area contributed by atoms with E-state index in [2.05, 4.69) is 179 Å². The van der Waals surface area contributed by atoms with Gasteiger partial charge in [0, 0.05) is 49.0 Å². The number of para-hydroxylation sites is 3. The van der Waals surface area contributed by atoms with Gasteiger partial charge >= 0.3 is 0 Å². The second-order valence-electron chi connectivity index (χ2n) is 13.8. The van der Waals surface area contributed by atoms with Crippen LogP contribution in [0.2, 0.25) is 0 Å². The lowest BCUT2D eigenvalue weighted by atomic mass is 9.99. The molecule has 0 fully saturated rings. The molecule has 55 heavy (non-hydrogen) atoms. The van der Waals surface area contributed by atoms with Crippen LogP contribution in [-0.4, -0.2) is 14.5 Å². The molecule has 10 aromatic rings. The molecule has 3 heterocycles. The SMILES string of the molecule is c1ccc(-c2cc(-n3c4ccc5ccccc5c4c4cccc(-c5ccc6c(c5)Sc5ccccc5N6c5ccccc5)c43)nc(-c3ccccc3)n2)cc1. The Balaban J connectivity index is 1.20. The fraction of sp³-hybridized carbons (Fsp3) is 0. The van der Waals surface area contributed by atoms with E-state index in [0.717, 1.165) is 50.5 Å². The fourth-order valence-corrected chi connectivity index (χ4v) is 9.21. The van der Waals surface area contributed by atoms with Gasteiger partial charge in [0.25, 0.3) is 0 Å². The van der Waals surface area contributed by atoms with Crippen LogP contribution < -0.4 is 4.90 Å². The molecule has 258 valence electrons. The monoisotopic (exact) mass is 720 g/mol. The van der Waals surface area contributed by atoms with E-state index in [-0.39, 0.29) is 0 Å². The number of anilines is 3. The first-order chi connectivity index (χ1) is 27.3. The van der Waals surface area contributed by atoms with Crippen molar-refractivity contribution in [1.82, 2.24) is 14.5 Å². The quantitative estimate of drug-likeness (QED) is 0.177. The Labute approximate surface area is 323 Å². The number of rotatable bonds is 5. The van der Waals surface area contributed by atoms with Crippen molar-refractivity contribution in [3.05, 3.63) is 194 Å². The average Bonchev–Trinajstić information content (AvgIpc) is 3.61. The molecule has 4 nitrogen and oxygen atoms in total. The molecule has 0 atom stereocenters. The van der Waals surface area contributed by atoms with Crippen molar-refractivity contribution >= 4 is 61.4 Å². The smallest absolute Gasteiger partial charge is 0.162 e. The van der Waals surface area contributed by atoms with Crippen molar-refractivity contribution in [1.29, 1.82) is 0 Å². The van der Waals surface area contributed by atoms with E-state index in [0.29, 0.717) is 5.82 Å². The van der Waals surface area contributed by atoms with Crippen molar-refractivity contribution < 1.29 is 0 Å². The molecule has 1 aliphatic rings. The number of hydrogen-bond donors (Lipinski definition) is 0. The van der Waals surface area contributed by atoms with Crippen LogP contribution in [0.25, 0.3) is 72.2 Å². The predicted molar refractivity (Wildman–Crippen MR) is 229 cm³/mol. The van der Waals surface area contributed by atoms with Crippen LogP contribution in [-0.2, 0) is 0 Å². The lowest BCUT2D eigenvalue weighted by Gasteiger charge is -2.33. The second-order valence-corrected chi connectivity index (χ2v) is 14.9. The molecule has 0 spiro atoms. The number of fused-ring (bicyclic) bond motifs is 7. The third-order valence-corrected chi connectivity index (χ3v) is 11.7. The molecule has 0 saturated heterocycles. The third kappa shape index (κ3) is 5.24. The first kappa shape index (κ1) is 31.6. The van der Waals surface area contributed by atoms with Gasteiger partial charge in [-0.15, -0.1) is 0 Å². The molecule has 0 saturated carbocycles. The molecular weight excluding hydrogens is 689 g/mol. The molecule has 8 aromatic carbocycles. The molecule has 0 radical (unpaired) electrons. The minimum absolute atomic E-state index is 0.690. The molecule has 0 N–H and O–H groups in total. The Morgan fingerprint density at radius 1 is 0.455 bits per heavy atom. The van der Waals surface area contributed by atoms with Crippen molar-refractivity contribution in [2.45, 2.75) is 9.79 Å².